The number of hydrogen-bond donors (Lipinski definition) is 0. The molecule has 0 amide bonds. The highest BCUT2D eigenvalue weighted by Crippen LogP contribution is 2.51. The molecule has 0 aromatic heterocycles. The van der Waals surface area contributed by atoms with Crippen LogP contribution in [0, 0.1) is 0 Å². The lowest BCUT2D eigenvalue weighted by molar-refractivity contribution is 0.660. The van der Waals surface area contributed by atoms with E-state index < -0.39 is 0 Å². The molecular weight excluding hydrogens is 805 g/mol. The molecule has 0 bridgehead atoms. The molecule has 14 aromatic carbocycles. The van der Waals surface area contributed by atoms with Crippen molar-refractivity contribution in [1.82, 2.24) is 0 Å². The fourth-order valence-electron chi connectivity index (χ4n) is 12.5. The van der Waals surface area contributed by atoms with Crippen molar-refractivity contribution in [2.75, 3.05) is 0 Å². The third-order valence-electron chi connectivity index (χ3n) is 15.7. The van der Waals surface area contributed by atoms with Gasteiger partial charge in [0.25, 0.3) is 0 Å². The summed E-state index contributed by atoms with van der Waals surface area (Å²) in [6, 6.07) is 83.2. The molecule has 0 N–H and O–H groups in total. The predicted octanol–water partition coefficient (Wildman–Crippen LogP) is 18.8. The first-order valence-electron chi connectivity index (χ1n) is 23.6. The van der Waals surface area contributed by atoms with Crippen molar-refractivity contribution in [2.45, 2.75) is 19.3 Å². The monoisotopic (exact) mass is 846 g/mol. The highest BCUT2D eigenvalue weighted by atomic mass is 14.4. The SMILES string of the molecule is CC1(C)c2ccccc2-c2ccc(-c3cccc4c(-c5ccc6ccc7cccc8ccc5c6c78)cc(-c5cc(-c6ccc7ccc8cccc9ccc6c7c89)c6ccccc6c5)cc34)cc21. The van der Waals surface area contributed by atoms with Crippen molar-refractivity contribution >= 4 is 86.2 Å². The second-order valence-corrected chi connectivity index (χ2v) is 19.5. The van der Waals surface area contributed by atoms with Crippen molar-refractivity contribution in [3.63, 3.8) is 0 Å². The summed E-state index contributed by atoms with van der Waals surface area (Å²) in [5.74, 6) is 0. The smallest absolute Gasteiger partial charge is 0.0159 e. The van der Waals surface area contributed by atoms with E-state index in [1.165, 1.54) is 153 Å². The normalized spacial score (nSPS) is 13.3. The Bertz CT molecular complexity index is 4380. The molecule has 310 valence electrons. The maximum absolute atomic E-state index is 2.48. The molecule has 0 nitrogen and oxygen atoms in total. The van der Waals surface area contributed by atoms with Gasteiger partial charge in [-0.15, -0.1) is 0 Å². The molecule has 1 aliphatic rings. The van der Waals surface area contributed by atoms with Crippen LogP contribution in [0.3, 0.4) is 0 Å². The van der Waals surface area contributed by atoms with Crippen LogP contribution in [0.2, 0.25) is 0 Å². The minimum atomic E-state index is -0.100. The van der Waals surface area contributed by atoms with Crippen molar-refractivity contribution in [2.24, 2.45) is 0 Å². The summed E-state index contributed by atoms with van der Waals surface area (Å²) in [6.07, 6.45) is 0. The zero-order chi connectivity index (χ0) is 44.1. The van der Waals surface area contributed by atoms with Crippen LogP contribution < -0.4 is 0 Å². The van der Waals surface area contributed by atoms with Gasteiger partial charge in [0.05, 0.1) is 0 Å². The fourth-order valence-corrected chi connectivity index (χ4v) is 12.5. The van der Waals surface area contributed by atoms with Crippen LogP contribution in [0.5, 0.6) is 0 Å². The van der Waals surface area contributed by atoms with Gasteiger partial charge in [0.2, 0.25) is 0 Å². The number of hydrogen-bond acceptors (Lipinski definition) is 0. The Morgan fingerprint density at radius 1 is 0.224 bits per heavy atom. The lowest BCUT2D eigenvalue weighted by Crippen LogP contribution is -2.14. The maximum atomic E-state index is 2.48. The number of benzene rings is 14. The van der Waals surface area contributed by atoms with Crippen LogP contribution >= 0.6 is 0 Å². The predicted molar refractivity (Wildman–Crippen MR) is 288 cm³/mol. The third-order valence-corrected chi connectivity index (χ3v) is 15.7. The van der Waals surface area contributed by atoms with Crippen molar-refractivity contribution in [1.29, 1.82) is 0 Å². The van der Waals surface area contributed by atoms with E-state index in [-0.39, 0.29) is 5.41 Å². The van der Waals surface area contributed by atoms with Crippen LogP contribution in [-0.2, 0) is 5.41 Å². The molecule has 0 spiro atoms. The van der Waals surface area contributed by atoms with E-state index in [4.69, 9.17) is 0 Å². The molecule has 0 aliphatic heterocycles. The van der Waals surface area contributed by atoms with E-state index in [0.29, 0.717) is 0 Å². The van der Waals surface area contributed by atoms with Gasteiger partial charge in [-0.1, -0.05) is 202 Å². The summed E-state index contributed by atoms with van der Waals surface area (Å²) in [4.78, 5) is 0. The van der Waals surface area contributed by atoms with Gasteiger partial charge in [-0.2, -0.15) is 0 Å². The van der Waals surface area contributed by atoms with Crippen molar-refractivity contribution < 1.29 is 0 Å². The van der Waals surface area contributed by atoms with E-state index in [9.17, 15) is 0 Å². The topological polar surface area (TPSA) is 0 Å². The van der Waals surface area contributed by atoms with Crippen molar-refractivity contribution in [3.05, 3.63) is 230 Å². The van der Waals surface area contributed by atoms with Gasteiger partial charge in [-0.25, -0.2) is 0 Å². The summed E-state index contributed by atoms with van der Waals surface area (Å²) in [5, 5.41) is 20.7. The molecule has 0 fully saturated rings. The zero-order valence-corrected chi connectivity index (χ0v) is 37.3. The van der Waals surface area contributed by atoms with E-state index >= 15 is 0 Å². The number of rotatable bonds is 4. The Kier molecular flexibility index (Phi) is 7.38. The van der Waals surface area contributed by atoms with E-state index in [1.54, 1.807) is 0 Å². The second kappa shape index (κ2) is 13.4. The van der Waals surface area contributed by atoms with Crippen LogP contribution in [0.25, 0.3) is 142 Å². The zero-order valence-electron chi connectivity index (χ0n) is 37.3. The molecule has 0 radical (unpaired) electrons. The first-order chi connectivity index (χ1) is 33.0. The molecule has 0 saturated heterocycles. The fraction of sp³-hybridized carbons (Fsp3) is 0.0448. The summed E-state index contributed by atoms with van der Waals surface area (Å²) in [7, 11) is 0. The average molecular weight is 847 g/mol. The van der Waals surface area contributed by atoms with Gasteiger partial charge >= 0.3 is 0 Å². The number of fused-ring (bicyclic) bond motifs is 5. The molecular formula is C67H42. The highest BCUT2D eigenvalue weighted by molar-refractivity contribution is 6.28. The third kappa shape index (κ3) is 5.13. The maximum Gasteiger partial charge on any atom is 0.0159 e. The Labute approximate surface area is 388 Å². The molecule has 0 atom stereocenters. The summed E-state index contributed by atoms with van der Waals surface area (Å²) < 4.78 is 0. The standard InChI is InChI=1S/C67H42/c1-67(2)61-19-6-5-16-54(61)55-31-28-46(38-62(55)67)50-17-9-18-51-58(50)36-48(37-60(51)53-30-25-44-23-21-40-12-8-14-42-27-33-57(53)66(44)64(40)42)47-34-45-10-3-4-15-49(45)59(35-47)52-29-24-43-22-20-39-11-7-13-41-26-32-56(52)65(43)63(39)41/h3-38H,1-2H3. The van der Waals surface area contributed by atoms with Crippen molar-refractivity contribution in [3.8, 4) is 55.6 Å². The van der Waals surface area contributed by atoms with Crippen LogP contribution in [0.1, 0.15) is 25.0 Å². The summed E-state index contributed by atoms with van der Waals surface area (Å²) >= 11 is 0. The minimum Gasteiger partial charge on any atom is -0.0619 e. The Morgan fingerprint density at radius 2 is 0.687 bits per heavy atom. The van der Waals surface area contributed by atoms with Gasteiger partial charge in [-0.05, 0) is 183 Å². The molecule has 67 heavy (non-hydrogen) atoms. The summed E-state index contributed by atoms with van der Waals surface area (Å²) in [5.41, 5.74) is 15.3. The molecule has 0 saturated carbocycles. The molecule has 0 heterocycles. The molecule has 14 aromatic rings. The molecule has 15 rings (SSSR count). The van der Waals surface area contributed by atoms with E-state index in [0.717, 1.165) is 0 Å². The van der Waals surface area contributed by atoms with E-state index in [1.807, 2.05) is 0 Å². The second-order valence-electron chi connectivity index (χ2n) is 19.5. The van der Waals surface area contributed by atoms with Gasteiger partial charge in [0.15, 0.2) is 0 Å². The largest absolute Gasteiger partial charge is 0.0619 e. The Morgan fingerprint density at radius 3 is 1.36 bits per heavy atom. The molecule has 1 aliphatic carbocycles. The van der Waals surface area contributed by atoms with Gasteiger partial charge in [0.1, 0.15) is 0 Å². The molecule has 0 unspecified atom stereocenters. The minimum absolute atomic E-state index is 0.100. The highest BCUT2D eigenvalue weighted by Gasteiger charge is 2.35. The quantitative estimate of drug-likeness (QED) is 0.155. The first kappa shape index (κ1) is 37.0. The lowest BCUT2D eigenvalue weighted by atomic mass is 9.81. The first-order valence-corrected chi connectivity index (χ1v) is 23.6. The lowest BCUT2D eigenvalue weighted by Gasteiger charge is -2.22. The Hall–Kier alpha value is -8.32. The van der Waals surface area contributed by atoms with Crippen LogP contribution in [0.4, 0.5) is 0 Å². The van der Waals surface area contributed by atoms with Crippen LogP contribution in [-0.4, -0.2) is 0 Å². The average Bonchev–Trinajstić information content (AvgIpc) is 3.61. The summed E-state index contributed by atoms with van der Waals surface area (Å²) in [6.45, 7) is 4.76. The van der Waals surface area contributed by atoms with Gasteiger partial charge < -0.3 is 0 Å². The van der Waals surface area contributed by atoms with Crippen LogP contribution in [0.15, 0.2) is 218 Å². The van der Waals surface area contributed by atoms with E-state index in [2.05, 4.69) is 232 Å². The van der Waals surface area contributed by atoms with Gasteiger partial charge in [0, 0.05) is 5.41 Å². The van der Waals surface area contributed by atoms with Gasteiger partial charge in [-0.3, -0.25) is 0 Å². The molecule has 0 heteroatoms. The Balaban J connectivity index is 1.02.